The summed E-state index contributed by atoms with van der Waals surface area (Å²) in [6.45, 7) is 1.82. The molecule has 1 aliphatic heterocycles. The fraction of sp³-hybridized carbons (Fsp3) is 0.357. The van der Waals surface area contributed by atoms with E-state index in [1.54, 1.807) is 6.20 Å². The third-order valence-corrected chi connectivity index (χ3v) is 4.13. The Balaban J connectivity index is 1.66. The van der Waals surface area contributed by atoms with Crippen molar-refractivity contribution in [3.05, 3.63) is 29.8 Å². The molecule has 0 aliphatic carbocycles. The number of hydrogen-bond acceptors (Lipinski definition) is 5. The van der Waals surface area contributed by atoms with Gasteiger partial charge >= 0.3 is 0 Å². The summed E-state index contributed by atoms with van der Waals surface area (Å²) < 4.78 is 0. The van der Waals surface area contributed by atoms with E-state index in [9.17, 15) is 4.79 Å². The lowest BCUT2D eigenvalue weighted by atomic mass is 9.97. The van der Waals surface area contributed by atoms with Gasteiger partial charge in [0, 0.05) is 17.5 Å². The maximum atomic E-state index is 12.1. The van der Waals surface area contributed by atoms with Crippen molar-refractivity contribution in [1.29, 1.82) is 0 Å². The second-order valence-electron chi connectivity index (χ2n) is 4.77. The Morgan fingerprint density at radius 2 is 2.15 bits per heavy atom. The predicted molar refractivity (Wildman–Crippen MR) is 79.6 cm³/mol. The molecule has 20 heavy (non-hydrogen) atoms. The van der Waals surface area contributed by atoms with E-state index < -0.39 is 0 Å². The molecular weight excluding hydrogens is 272 g/mol. The Hall–Kier alpha value is -1.79. The second kappa shape index (κ2) is 6.11. The lowest BCUT2D eigenvalue weighted by Gasteiger charge is -2.20. The molecule has 0 aromatic carbocycles. The fourth-order valence-electron chi connectivity index (χ4n) is 2.25. The Kier molecular flexibility index (Phi) is 4.03. The number of piperidine rings is 1. The molecule has 0 atom stereocenters. The van der Waals surface area contributed by atoms with Crippen molar-refractivity contribution in [3.8, 4) is 11.4 Å². The first-order valence-corrected chi connectivity index (χ1v) is 7.59. The molecule has 1 fully saturated rings. The van der Waals surface area contributed by atoms with Crippen molar-refractivity contribution in [2.45, 2.75) is 12.8 Å². The van der Waals surface area contributed by atoms with Crippen LogP contribution in [0.25, 0.3) is 11.4 Å². The van der Waals surface area contributed by atoms with Gasteiger partial charge in [-0.25, -0.2) is 4.98 Å². The van der Waals surface area contributed by atoms with Gasteiger partial charge in [0.1, 0.15) is 5.69 Å². The first-order valence-electron chi connectivity index (χ1n) is 6.71. The summed E-state index contributed by atoms with van der Waals surface area (Å²) >= 11 is 1.44. The van der Waals surface area contributed by atoms with Crippen LogP contribution in [-0.4, -0.2) is 29.0 Å². The highest BCUT2D eigenvalue weighted by atomic mass is 32.1. The first kappa shape index (κ1) is 13.2. The van der Waals surface area contributed by atoms with Crippen LogP contribution < -0.4 is 10.6 Å². The molecule has 1 amide bonds. The molecule has 0 saturated carbocycles. The number of hydrogen-bond donors (Lipinski definition) is 2. The number of aromatic nitrogens is 2. The third kappa shape index (κ3) is 3.02. The van der Waals surface area contributed by atoms with Crippen LogP contribution in [-0.2, 0) is 4.79 Å². The van der Waals surface area contributed by atoms with Crippen molar-refractivity contribution in [2.75, 3.05) is 18.4 Å². The summed E-state index contributed by atoms with van der Waals surface area (Å²) in [5.74, 6) is 0.173. The average Bonchev–Trinajstić information content (AvgIpc) is 2.97. The maximum absolute atomic E-state index is 12.1. The van der Waals surface area contributed by atoms with Gasteiger partial charge in [0.2, 0.25) is 5.91 Å². The Bertz CT molecular complexity index is 578. The Morgan fingerprint density at radius 1 is 1.30 bits per heavy atom. The van der Waals surface area contributed by atoms with Crippen molar-refractivity contribution < 1.29 is 4.79 Å². The van der Waals surface area contributed by atoms with E-state index in [2.05, 4.69) is 20.6 Å². The average molecular weight is 288 g/mol. The van der Waals surface area contributed by atoms with Crippen LogP contribution in [0.2, 0.25) is 0 Å². The minimum Gasteiger partial charge on any atom is -0.317 e. The SMILES string of the molecule is O=C(Nc1nc(-c2ccccn2)cs1)C1CCNCC1. The minimum absolute atomic E-state index is 0.0772. The van der Waals surface area contributed by atoms with Crippen LogP contribution in [0.1, 0.15) is 12.8 Å². The molecule has 6 heteroatoms. The van der Waals surface area contributed by atoms with E-state index in [4.69, 9.17) is 0 Å². The number of carbonyl (C=O) groups is 1. The molecule has 3 rings (SSSR count). The summed E-state index contributed by atoms with van der Waals surface area (Å²) in [4.78, 5) is 20.8. The van der Waals surface area contributed by atoms with E-state index in [0.29, 0.717) is 5.13 Å². The van der Waals surface area contributed by atoms with E-state index in [0.717, 1.165) is 37.3 Å². The van der Waals surface area contributed by atoms with Crippen molar-refractivity contribution >= 4 is 22.4 Å². The minimum atomic E-state index is 0.0772. The van der Waals surface area contributed by atoms with Gasteiger partial charge in [-0.15, -0.1) is 11.3 Å². The monoisotopic (exact) mass is 288 g/mol. The zero-order valence-electron chi connectivity index (χ0n) is 11.0. The highest BCUT2D eigenvalue weighted by molar-refractivity contribution is 7.14. The van der Waals surface area contributed by atoms with Crippen molar-refractivity contribution in [3.63, 3.8) is 0 Å². The summed E-state index contributed by atoms with van der Waals surface area (Å²) in [5, 5.41) is 8.74. The number of carbonyl (C=O) groups excluding carboxylic acids is 1. The van der Waals surface area contributed by atoms with Gasteiger partial charge in [-0.1, -0.05) is 6.07 Å². The molecule has 0 spiro atoms. The van der Waals surface area contributed by atoms with Crippen LogP contribution >= 0.6 is 11.3 Å². The van der Waals surface area contributed by atoms with Gasteiger partial charge in [0.25, 0.3) is 0 Å². The first-order chi connectivity index (χ1) is 9.83. The van der Waals surface area contributed by atoms with Crippen LogP contribution in [0.4, 0.5) is 5.13 Å². The molecule has 0 unspecified atom stereocenters. The molecule has 1 saturated heterocycles. The number of pyridine rings is 1. The quantitative estimate of drug-likeness (QED) is 0.908. The molecule has 5 nitrogen and oxygen atoms in total. The number of rotatable bonds is 3. The third-order valence-electron chi connectivity index (χ3n) is 3.37. The van der Waals surface area contributed by atoms with Gasteiger partial charge < -0.3 is 10.6 Å². The molecule has 0 radical (unpaired) electrons. The van der Waals surface area contributed by atoms with E-state index in [1.807, 2.05) is 23.6 Å². The number of amides is 1. The lowest BCUT2D eigenvalue weighted by Crippen LogP contribution is -2.34. The highest BCUT2D eigenvalue weighted by Gasteiger charge is 2.21. The van der Waals surface area contributed by atoms with Gasteiger partial charge in [0.05, 0.1) is 5.69 Å². The van der Waals surface area contributed by atoms with Gasteiger partial charge in [-0.2, -0.15) is 0 Å². The highest BCUT2D eigenvalue weighted by Crippen LogP contribution is 2.24. The Labute approximate surface area is 121 Å². The van der Waals surface area contributed by atoms with Gasteiger partial charge in [-0.3, -0.25) is 9.78 Å². The number of nitrogens with zero attached hydrogens (tertiary/aromatic N) is 2. The van der Waals surface area contributed by atoms with Crippen LogP contribution in [0.5, 0.6) is 0 Å². The molecule has 0 bridgehead atoms. The van der Waals surface area contributed by atoms with Crippen LogP contribution in [0, 0.1) is 5.92 Å². The lowest BCUT2D eigenvalue weighted by molar-refractivity contribution is -0.120. The van der Waals surface area contributed by atoms with E-state index >= 15 is 0 Å². The molecule has 3 heterocycles. The standard InChI is InChI=1S/C14H16N4OS/c19-13(10-4-7-15-8-5-10)18-14-17-12(9-20-14)11-3-1-2-6-16-11/h1-3,6,9-10,15H,4-5,7-8H2,(H,17,18,19). The normalized spacial score (nSPS) is 16.0. The number of anilines is 1. The fourth-order valence-corrected chi connectivity index (χ4v) is 2.96. The molecular formula is C14H16N4OS. The molecule has 104 valence electrons. The Morgan fingerprint density at radius 3 is 2.90 bits per heavy atom. The molecule has 2 aromatic heterocycles. The van der Waals surface area contributed by atoms with Crippen molar-refractivity contribution in [1.82, 2.24) is 15.3 Å². The summed E-state index contributed by atoms with van der Waals surface area (Å²) in [5.41, 5.74) is 1.63. The second-order valence-corrected chi connectivity index (χ2v) is 5.62. The van der Waals surface area contributed by atoms with Crippen LogP contribution in [0.3, 0.4) is 0 Å². The molecule has 2 N–H and O–H groups in total. The smallest absolute Gasteiger partial charge is 0.229 e. The summed E-state index contributed by atoms with van der Waals surface area (Å²) in [7, 11) is 0. The van der Waals surface area contributed by atoms with E-state index in [1.165, 1.54) is 11.3 Å². The maximum Gasteiger partial charge on any atom is 0.229 e. The largest absolute Gasteiger partial charge is 0.317 e. The number of thiazole rings is 1. The topological polar surface area (TPSA) is 66.9 Å². The van der Waals surface area contributed by atoms with Crippen molar-refractivity contribution in [2.24, 2.45) is 5.92 Å². The van der Waals surface area contributed by atoms with Gasteiger partial charge in [-0.05, 0) is 38.1 Å². The summed E-state index contributed by atoms with van der Waals surface area (Å²) in [6.07, 6.45) is 3.52. The van der Waals surface area contributed by atoms with Gasteiger partial charge in [0.15, 0.2) is 5.13 Å². The molecule has 2 aromatic rings. The summed E-state index contributed by atoms with van der Waals surface area (Å²) in [6, 6.07) is 5.71. The predicted octanol–water partition coefficient (Wildman–Crippen LogP) is 2.14. The zero-order chi connectivity index (χ0) is 13.8. The number of nitrogens with one attached hydrogen (secondary N) is 2. The van der Waals surface area contributed by atoms with Crippen LogP contribution in [0.15, 0.2) is 29.8 Å². The van der Waals surface area contributed by atoms with E-state index in [-0.39, 0.29) is 11.8 Å². The zero-order valence-corrected chi connectivity index (χ0v) is 11.8. The molecule has 1 aliphatic rings.